The molecule has 0 saturated heterocycles. The van der Waals surface area contributed by atoms with Crippen LogP contribution in [0, 0.1) is 5.92 Å². The van der Waals surface area contributed by atoms with Crippen molar-refractivity contribution in [1.82, 2.24) is 5.32 Å². The van der Waals surface area contributed by atoms with Crippen LogP contribution in [0.1, 0.15) is 45.1 Å². The third kappa shape index (κ3) is 6.78. The molecule has 1 aromatic rings. The Morgan fingerprint density at radius 2 is 1.95 bits per heavy atom. The Labute approximate surface area is 116 Å². The van der Waals surface area contributed by atoms with Gasteiger partial charge in [0.2, 0.25) is 0 Å². The molecule has 110 valence electrons. The molecule has 0 atom stereocenters. The minimum absolute atomic E-state index is 0.00744. The maximum Gasteiger partial charge on any atom is 0.157 e. The van der Waals surface area contributed by atoms with E-state index < -0.39 is 9.84 Å². The van der Waals surface area contributed by atoms with Gasteiger partial charge in [-0.05, 0) is 37.4 Å². The van der Waals surface area contributed by atoms with Crippen molar-refractivity contribution in [3.63, 3.8) is 0 Å². The molecule has 5 heteroatoms. The SMILES string of the molecule is CCCNCc1ccc(CS(=O)(=O)CCC(C)C)o1. The second kappa shape index (κ2) is 7.70. The molecule has 0 fully saturated rings. The molecule has 1 heterocycles. The highest BCUT2D eigenvalue weighted by atomic mass is 32.2. The fraction of sp³-hybridized carbons (Fsp3) is 0.714. The fourth-order valence-electron chi connectivity index (χ4n) is 1.69. The van der Waals surface area contributed by atoms with Crippen molar-refractivity contribution >= 4 is 9.84 Å². The van der Waals surface area contributed by atoms with Gasteiger partial charge in [-0.1, -0.05) is 20.8 Å². The molecule has 0 bridgehead atoms. The number of nitrogens with one attached hydrogen (secondary N) is 1. The van der Waals surface area contributed by atoms with Crippen molar-refractivity contribution in [3.8, 4) is 0 Å². The number of sulfone groups is 1. The van der Waals surface area contributed by atoms with Crippen LogP contribution in [-0.4, -0.2) is 20.7 Å². The Morgan fingerprint density at radius 3 is 2.58 bits per heavy atom. The molecule has 4 nitrogen and oxygen atoms in total. The number of rotatable bonds is 9. The standard InChI is InChI=1S/C14H25NO3S/c1-4-8-15-10-13-5-6-14(18-13)11-19(16,17)9-7-12(2)3/h5-6,12,15H,4,7-11H2,1-3H3. The summed E-state index contributed by atoms with van der Waals surface area (Å²) in [5, 5.41) is 3.22. The molecule has 0 saturated carbocycles. The molecule has 0 radical (unpaired) electrons. The Kier molecular flexibility index (Phi) is 6.58. The monoisotopic (exact) mass is 287 g/mol. The zero-order valence-corrected chi connectivity index (χ0v) is 12.9. The average Bonchev–Trinajstić information content (AvgIpc) is 2.74. The van der Waals surface area contributed by atoms with E-state index in [1.54, 1.807) is 6.07 Å². The first kappa shape index (κ1) is 16.2. The molecular formula is C14H25NO3S. The predicted molar refractivity (Wildman–Crippen MR) is 77.7 cm³/mol. The van der Waals surface area contributed by atoms with Crippen LogP contribution in [0.4, 0.5) is 0 Å². The van der Waals surface area contributed by atoms with Crippen LogP contribution in [0.25, 0.3) is 0 Å². The van der Waals surface area contributed by atoms with Gasteiger partial charge in [-0.3, -0.25) is 0 Å². The molecule has 1 rings (SSSR count). The minimum atomic E-state index is -3.06. The van der Waals surface area contributed by atoms with Gasteiger partial charge in [-0.15, -0.1) is 0 Å². The van der Waals surface area contributed by atoms with Gasteiger partial charge in [-0.25, -0.2) is 8.42 Å². The summed E-state index contributed by atoms with van der Waals surface area (Å²) in [6.07, 6.45) is 1.77. The maximum absolute atomic E-state index is 11.9. The summed E-state index contributed by atoms with van der Waals surface area (Å²) >= 11 is 0. The highest BCUT2D eigenvalue weighted by Crippen LogP contribution is 2.13. The topological polar surface area (TPSA) is 59.3 Å². The van der Waals surface area contributed by atoms with E-state index in [0.717, 1.165) is 18.7 Å². The molecule has 0 amide bonds. The van der Waals surface area contributed by atoms with Crippen LogP contribution in [0.5, 0.6) is 0 Å². The van der Waals surface area contributed by atoms with E-state index in [9.17, 15) is 8.42 Å². The van der Waals surface area contributed by atoms with Crippen LogP contribution in [-0.2, 0) is 22.1 Å². The van der Waals surface area contributed by atoms with Crippen LogP contribution in [0.3, 0.4) is 0 Å². The van der Waals surface area contributed by atoms with E-state index >= 15 is 0 Å². The quantitative estimate of drug-likeness (QED) is 0.709. The van der Waals surface area contributed by atoms with E-state index in [2.05, 4.69) is 12.2 Å². The lowest BCUT2D eigenvalue weighted by atomic mass is 10.2. The first-order valence-corrected chi connectivity index (χ1v) is 8.74. The van der Waals surface area contributed by atoms with Crippen molar-refractivity contribution in [2.75, 3.05) is 12.3 Å². The maximum atomic E-state index is 11.9. The van der Waals surface area contributed by atoms with Crippen molar-refractivity contribution in [2.24, 2.45) is 5.92 Å². The Balaban J connectivity index is 2.48. The summed E-state index contributed by atoms with van der Waals surface area (Å²) < 4.78 is 29.3. The second-order valence-electron chi connectivity index (χ2n) is 5.32. The third-order valence-corrected chi connectivity index (χ3v) is 4.39. The molecule has 0 aliphatic rings. The average molecular weight is 287 g/mol. The Bertz CT molecular complexity index is 463. The van der Waals surface area contributed by atoms with Crippen molar-refractivity contribution < 1.29 is 12.8 Å². The molecule has 0 aliphatic heterocycles. The zero-order valence-electron chi connectivity index (χ0n) is 12.1. The van der Waals surface area contributed by atoms with Crippen LogP contribution in [0.15, 0.2) is 16.5 Å². The highest BCUT2D eigenvalue weighted by molar-refractivity contribution is 7.90. The zero-order chi connectivity index (χ0) is 14.3. The summed E-state index contributed by atoms with van der Waals surface area (Å²) in [4.78, 5) is 0. The third-order valence-electron chi connectivity index (χ3n) is 2.81. The normalized spacial score (nSPS) is 12.2. The lowest BCUT2D eigenvalue weighted by Gasteiger charge is -2.05. The second-order valence-corrected chi connectivity index (χ2v) is 7.50. The van der Waals surface area contributed by atoms with Crippen LogP contribution < -0.4 is 5.32 Å². The summed E-state index contributed by atoms with van der Waals surface area (Å²) in [5.74, 6) is 1.97. The molecule has 19 heavy (non-hydrogen) atoms. The molecule has 0 spiro atoms. The van der Waals surface area contributed by atoms with Crippen molar-refractivity contribution in [3.05, 3.63) is 23.7 Å². The van der Waals surface area contributed by atoms with Crippen LogP contribution in [0.2, 0.25) is 0 Å². The predicted octanol–water partition coefficient (Wildman–Crippen LogP) is 2.74. The van der Waals surface area contributed by atoms with Gasteiger partial charge in [0.25, 0.3) is 0 Å². The Morgan fingerprint density at radius 1 is 1.26 bits per heavy atom. The van der Waals surface area contributed by atoms with E-state index in [-0.39, 0.29) is 11.5 Å². The number of hydrogen-bond acceptors (Lipinski definition) is 4. The largest absolute Gasteiger partial charge is 0.464 e. The number of furan rings is 1. The minimum Gasteiger partial charge on any atom is -0.464 e. The molecular weight excluding hydrogens is 262 g/mol. The van der Waals surface area contributed by atoms with Gasteiger partial charge in [-0.2, -0.15) is 0 Å². The van der Waals surface area contributed by atoms with Crippen molar-refractivity contribution in [2.45, 2.75) is 45.9 Å². The van der Waals surface area contributed by atoms with Crippen LogP contribution >= 0.6 is 0 Å². The Hall–Kier alpha value is -0.810. The van der Waals surface area contributed by atoms with Gasteiger partial charge in [0, 0.05) is 0 Å². The highest BCUT2D eigenvalue weighted by Gasteiger charge is 2.15. The number of hydrogen-bond donors (Lipinski definition) is 1. The van der Waals surface area contributed by atoms with E-state index in [1.807, 2.05) is 19.9 Å². The van der Waals surface area contributed by atoms with Gasteiger partial charge < -0.3 is 9.73 Å². The van der Waals surface area contributed by atoms with E-state index in [1.165, 1.54) is 0 Å². The van der Waals surface area contributed by atoms with Crippen molar-refractivity contribution in [1.29, 1.82) is 0 Å². The fourth-order valence-corrected chi connectivity index (χ4v) is 3.25. The molecule has 0 aromatic carbocycles. The lowest BCUT2D eigenvalue weighted by Crippen LogP contribution is -2.13. The summed E-state index contributed by atoms with van der Waals surface area (Å²) in [6.45, 7) is 7.74. The first-order chi connectivity index (χ1) is 8.93. The molecule has 0 unspecified atom stereocenters. The summed E-state index contributed by atoms with van der Waals surface area (Å²) in [6, 6.07) is 3.60. The molecule has 1 aromatic heterocycles. The lowest BCUT2D eigenvalue weighted by molar-refractivity contribution is 0.456. The van der Waals surface area contributed by atoms with Gasteiger partial charge >= 0.3 is 0 Å². The van der Waals surface area contributed by atoms with E-state index in [0.29, 0.717) is 24.6 Å². The summed E-state index contributed by atoms with van der Waals surface area (Å²) in [5.41, 5.74) is 0. The summed E-state index contributed by atoms with van der Waals surface area (Å²) in [7, 11) is -3.06. The molecule has 1 N–H and O–H groups in total. The van der Waals surface area contributed by atoms with Gasteiger partial charge in [0.15, 0.2) is 9.84 Å². The first-order valence-electron chi connectivity index (χ1n) is 6.91. The van der Waals surface area contributed by atoms with Gasteiger partial charge in [0.05, 0.1) is 12.3 Å². The smallest absolute Gasteiger partial charge is 0.157 e. The molecule has 0 aliphatic carbocycles. The van der Waals surface area contributed by atoms with E-state index in [4.69, 9.17) is 4.42 Å². The van der Waals surface area contributed by atoms with Gasteiger partial charge in [0.1, 0.15) is 17.3 Å².